The number of nitrogen functional groups attached to an aromatic ring is 1. The number of nitrogens with two attached hydrogens (primary N) is 1. The van der Waals surface area contributed by atoms with E-state index in [1.165, 1.54) is 0 Å². The van der Waals surface area contributed by atoms with E-state index in [9.17, 15) is 4.79 Å². The third-order valence-corrected chi connectivity index (χ3v) is 3.83. The van der Waals surface area contributed by atoms with Crippen molar-refractivity contribution in [2.24, 2.45) is 0 Å². The van der Waals surface area contributed by atoms with Gasteiger partial charge in [-0.05, 0) is 33.6 Å². The molecule has 3 nitrogen and oxygen atoms in total. The van der Waals surface area contributed by atoms with E-state index in [0.717, 1.165) is 5.56 Å². The fourth-order valence-corrected chi connectivity index (χ4v) is 2.15. The van der Waals surface area contributed by atoms with Crippen LogP contribution in [0.25, 0.3) is 0 Å². The van der Waals surface area contributed by atoms with E-state index in [0.29, 0.717) is 10.2 Å². The highest BCUT2D eigenvalue weighted by Crippen LogP contribution is 2.31. The monoisotopic (exact) mass is 339 g/mol. The van der Waals surface area contributed by atoms with Gasteiger partial charge in [0.1, 0.15) is 12.2 Å². The lowest BCUT2D eigenvalue weighted by Crippen LogP contribution is -2.09. The summed E-state index contributed by atoms with van der Waals surface area (Å²) >= 11 is 9.30. The van der Waals surface area contributed by atoms with Crippen LogP contribution in [0.1, 0.15) is 15.9 Å². The van der Waals surface area contributed by atoms with Crippen molar-refractivity contribution in [1.82, 2.24) is 0 Å². The molecule has 0 atom stereocenters. The van der Waals surface area contributed by atoms with Gasteiger partial charge in [0.05, 0.1) is 5.02 Å². The van der Waals surface area contributed by atoms with Gasteiger partial charge >= 0.3 is 5.97 Å². The van der Waals surface area contributed by atoms with Crippen LogP contribution in [0.4, 0.5) is 5.69 Å². The van der Waals surface area contributed by atoms with Crippen molar-refractivity contribution < 1.29 is 9.53 Å². The van der Waals surface area contributed by atoms with Crippen LogP contribution >= 0.6 is 27.5 Å². The summed E-state index contributed by atoms with van der Waals surface area (Å²) in [6, 6.07) is 12.7. The zero-order valence-corrected chi connectivity index (χ0v) is 12.2. The van der Waals surface area contributed by atoms with Crippen molar-refractivity contribution in [1.29, 1.82) is 0 Å². The van der Waals surface area contributed by atoms with E-state index in [1.54, 1.807) is 12.1 Å². The zero-order chi connectivity index (χ0) is 13.8. The SMILES string of the molecule is Nc1ccc(Br)c(Cl)c1C(=O)OCc1ccccc1. The maximum Gasteiger partial charge on any atom is 0.342 e. The smallest absolute Gasteiger partial charge is 0.342 e. The molecule has 0 fully saturated rings. The standard InChI is InChI=1S/C14H11BrClNO2/c15-10-6-7-11(17)12(13(10)16)14(18)19-8-9-4-2-1-3-5-9/h1-7H,8,17H2. The molecular formula is C14H11BrClNO2. The molecule has 2 aromatic carbocycles. The summed E-state index contributed by atoms with van der Waals surface area (Å²) in [5, 5.41) is 0.262. The molecule has 0 unspecified atom stereocenters. The number of hydrogen-bond acceptors (Lipinski definition) is 3. The first kappa shape index (κ1) is 13.9. The Morgan fingerprint density at radius 2 is 1.89 bits per heavy atom. The van der Waals surface area contributed by atoms with Crippen molar-refractivity contribution in [2.45, 2.75) is 6.61 Å². The number of benzene rings is 2. The molecule has 19 heavy (non-hydrogen) atoms. The maximum absolute atomic E-state index is 12.0. The van der Waals surface area contributed by atoms with Crippen LogP contribution in [0, 0.1) is 0 Å². The first-order chi connectivity index (χ1) is 9.09. The Morgan fingerprint density at radius 3 is 2.58 bits per heavy atom. The molecule has 0 amide bonds. The Labute approximate surface area is 124 Å². The molecule has 0 radical (unpaired) electrons. The molecule has 5 heteroatoms. The Bertz CT molecular complexity index is 602. The van der Waals surface area contributed by atoms with Crippen molar-refractivity contribution in [3.8, 4) is 0 Å². The minimum atomic E-state index is -0.535. The van der Waals surface area contributed by atoms with E-state index >= 15 is 0 Å². The van der Waals surface area contributed by atoms with Gasteiger partial charge in [0.15, 0.2) is 0 Å². The maximum atomic E-state index is 12.0. The average molecular weight is 341 g/mol. The lowest BCUT2D eigenvalue weighted by Gasteiger charge is -2.09. The Balaban J connectivity index is 2.15. The van der Waals surface area contributed by atoms with Gasteiger partial charge in [-0.1, -0.05) is 41.9 Å². The van der Waals surface area contributed by atoms with Crippen LogP contribution in [-0.4, -0.2) is 5.97 Å². The second-order valence-electron chi connectivity index (χ2n) is 3.89. The molecule has 2 rings (SSSR count). The van der Waals surface area contributed by atoms with E-state index < -0.39 is 5.97 Å². The molecular weight excluding hydrogens is 330 g/mol. The molecule has 0 aliphatic rings. The molecule has 2 N–H and O–H groups in total. The van der Waals surface area contributed by atoms with Crippen molar-refractivity contribution >= 4 is 39.2 Å². The largest absolute Gasteiger partial charge is 0.457 e. The summed E-state index contributed by atoms with van der Waals surface area (Å²) < 4.78 is 5.81. The van der Waals surface area contributed by atoms with Gasteiger partial charge in [0.25, 0.3) is 0 Å². The summed E-state index contributed by atoms with van der Waals surface area (Å²) in [6.45, 7) is 0.182. The van der Waals surface area contributed by atoms with Crippen molar-refractivity contribution in [2.75, 3.05) is 5.73 Å². The fraction of sp³-hybridized carbons (Fsp3) is 0.0714. The molecule has 0 aromatic heterocycles. The Hall–Kier alpha value is -1.52. The number of esters is 1. The lowest BCUT2D eigenvalue weighted by molar-refractivity contribution is 0.0474. The van der Waals surface area contributed by atoms with Gasteiger partial charge in [-0.2, -0.15) is 0 Å². The van der Waals surface area contributed by atoms with E-state index in [-0.39, 0.29) is 17.2 Å². The molecule has 0 bridgehead atoms. The minimum absolute atomic E-state index is 0.182. The summed E-state index contributed by atoms with van der Waals surface area (Å²) in [4.78, 5) is 12.0. The Kier molecular flexibility index (Phi) is 4.45. The molecule has 0 spiro atoms. The lowest BCUT2D eigenvalue weighted by atomic mass is 10.2. The van der Waals surface area contributed by atoms with Crippen LogP contribution in [0.2, 0.25) is 5.02 Å². The van der Waals surface area contributed by atoms with Gasteiger partial charge < -0.3 is 10.5 Å². The molecule has 0 heterocycles. The quantitative estimate of drug-likeness (QED) is 0.677. The first-order valence-electron chi connectivity index (χ1n) is 5.54. The van der Waals surface area contributed by atoms with Gasteiger partial charge in [0.2, 0.25) is 0 Å². The van der Waals surface area contributed by atoms with Crippen molar-refractivity contribution in [3.63, 3.8) is 0 Å². The highest BCUT2D eigenvalue weighted by atomic mass is 79.9. The van der Waals surface area contributed by atoms with E-state index in [2.05, 4.69) is 15.9 Å². The topological polar surface area (TPSA) is 52.3 Å². The predicted octanol–water partition coefficient (Wildman–Crippen LogP) is 4.04. The third-order valence-electron chi connectivity index (χ3n) is 2.54. The molecule has 0 aliphatic carbocycles. The second kappa shape index (κ2) is 6.08. The van der Waals surface area contributed by atoms with Crippen LogP contribution in [0.3, 0.4) is 0 Å². The highest BCUT2D eigenvalue weighted by molar-refractivity contribution is 9.10. The third kappa shape index (κ3) is 3.28. The molecule has 0 saturated heterocycles. The van der Waals surface area contributed by atoms with E-state index in [1.807, 2.05) is 30.3 Å². The van der Waals surface area contributed by atoms with Gasteiger partial charge in [0, 0.05) is 10.2 Å². The zero-order valence-electron chi connectivity index (χ0n) is 9.90. The van der Waals surface area contributed by atoms with E-state index in [4.69, 9.17) is 22.1 Å². The number of carbonyl (C=O) groups excluding carboxylic acids is 1. The first-order valence-corrected chi connectivity index (χ1v) is 6.71. The molecule has 0 aliphatic heterocycles. The normalized spacial score (nSPS) is 10.2. The molecule has 0 saturated carbocycles. The van der Waals surface area contributed by atoms with Crippen LogP contribution in [0.15, 0.2) is 46.9 Å². The number of ether oxygens (including phenoxy) is 1. The van der Waals surface area contributed by atoms with Gasteiger partial charge in [-0.25, -0.2) is 4.79 Å². The number of halogens is 2. The average Bonchev–Trinajstić information content (AvgIpc) is 2.42. The van der Waals surface area contributed by atoms with Crippen LogP contribution in [-0.2, 0) is 11.3 Å². The van der Waals surface area contributed by atoms with Crippen LogP contribution < -0.4 is 5.73 Å². The fourth-order valence-electron chi connectivity index (χ4n) is 1.57. The Morgan fingerprint density at radius 1 is 1.21 bits per heavy atom. The minimum Gasteiger partial charge on any atom is -0.457 e. The molecule has 2 aromatic rings. The number of anilines is 1. The van der Waals surface area contributed by atoms with Gasteiger partial charge in [-0.15, -0.1) is 0 Å². The van der Waals surface area contributed by atoms with Crippen molar-refractivity contribution in [3.05, 3.63) is 63.1 Å². The number of hydrogen-bond donors (Lipinski definition) is 1. The summed E-state index contributed by atoms with van der Waals surface area (Å²) in [5.74, 6) is -0.535. The predicted molar refractivity (Wildman–Crippen MR) is 79.1 cm³/mol. The second-order valence-corrected chi connectivity index (χ2v) is 5.12. The highest BCUT2D eigenvalue weighted by Gasteiger charge is 2.17. The number of rotatable bonds is 3. The van der Waals surface area contributed by atoms with Crippen LogP contribution in [0.5, 0.6) is 0 Å². The number of carbonyl (C=O) groups is 1. The van der Waals surface area contributed by atoms with Gasteiger partial charge in [-0.3, -0.25) is 0 Å². The summed E-state index contributed by atoms with van der Waals surface area (Å²) in [6.07, 6.45) is 0. The summed E-state index contributed by atoms with van der Waals surface area (Å²) in [5.41, 5.74) is 7.14. The molecule has 98 valence electrons. The summed E-state index contributed by atoms with van der Waals surface area (Å²) in [7, 11) is 0.